The highest BCUT2D eigenvalue weighted by atomic mass is 32.1. The van der Waals surface area contributed by atoms with E-state index < -0.39 is 0 Å². The zero-order chi connectivity index (χ0) is 12.4. The third-order valence-electron chi connectivity index (χ3n) is 4.16. The number of nitrogens with one attached hydrogen (secondary N) is 1. The Bertz CT molecular complexity index is 368. The third-order valence-corrected chi connectivity index (χ3v) is 4.86. The number of thiophene rings is 1. The quantitative estimate of drug-likeness (QED) is 0.905. The van der Waals surface area contributed by atoms with Crippen LogP contribution in [0.2, 0.25) is 0 Å². The molecule has 1 aromatic heterocycles. The Kier molecular flexibility index (Phi) is 3.99. The van der Waals surface area contributed by atoms with Gasteiger partial charge in [-0.15, -0.1) is 0 Å². The van der Waals surface area contributed by atoms with Crippen LogP contribution in [0.4, 0.5) is 0 Å². The van der Waals surface area contributed by atoms with Crippen LogP contribution in [0, 0.1) is 0 Å². The number of rotatable bonds is 4. The summed E-state index contributed by atoms with van der Waals surface area (Å²) in [6.45, 7) is 6.49. The van der Waals surface area contributed by atoms with Crippen molar-refractivity contribution in [3.63, 3.8) is 0 Å². The number of ether oxygens (including phenoxy) is 1. The van der Waals surface area contributed by atoms with E-state index in [0.717, 1.165) is 19.7 Å². The highest BCUT2D eigenvalue weighted by Gasteiger charge is 2.32. The normalized spacial score (nSPS) is 30.3. The lowest BCUT2D eigenvalue weighted by Crippen LogP contribution is -2.49. The lowest BCUT2D eigenvalue weighted by Gasteiger charge is -2.35. The molecule has 0 radical (unpaired) electrons. The minimum absolute atomic E-state index is 0.362. The van der Waals surface area contributed by atoms with Crippen molar-refractivity contribution < 1.29 is 4.74 Å². The van der Waals surface area contributed by atoms with Gasteiger partial charge in [0.15, 0.2) is 0 Å². The second-order valence-corrected chi connectivity index (χ2v) is 6.21. The predicted octanol–water partition coefficient (Wildman–Crippen LogP) is 2.26. The molecule has 2 saturated heterocycles. The number of hydrogen-bond donors (Lipinski definition) is 1. The van der Waals surface area contributed by atoms with Crippen LogP contribution in [-0.4, -0.2) is 43.3 Å². The first kappa shape index (κ1) is 12.6. The molecule has 0 spiro atoms. The van der Waals surface area contributed by atoms with Gasteiger partial charge in [-0.25, -0.2) is 0 Å². The molecule has 3 heterocycles. The first-order valence-electron chi connectivity index (χ1n) is 6.94. The molecule has 3 atom stereocenters. The zero-order valence-electron chi connectivity index (χ0n) is 11.0. The predicted molar refractivity (Wildman–Crippen MR) is 75.1 cm³/mol. The van der Waals surface area contributed by atoms with E-state index in [-0.39, 0.29) is 0 Å². The van der Waals surface area contributed by atoms with E-state index in [4.69, 9.17) is 4.74 Å². The second-order valence-electron chi connectivity index (χ2n) is 5.43. The van der Waals surface area contributed by atoms with E-state index in [1.165, 1.54) is 24.9 Å². The summed E-state index contributed by atoms with van der Waals surface area (Å²) in [4.78, 5) is 2.60. The van der Waals surface area contributed by atoms with Crippen molar-refractivity contribution in [2.45, 2.75) is 38.0 Å². The van der Waals surface area contributed by atoms with Gasteiger partial charge in [-0.2, -0.15) is 11.3 Å². The standard InChI is InChI=1S/C14H22N2OS/c1-11(12-4-6-18-10-12)15-7-14-8-16-5-2-3-13(16)9-17-14/h4,6,10-11,13-15H,2-3,5,7-9H2,1H3. The Morgan fingerprint density at radius 3 is 3.39 bits per heavy atom. The fraction of sp³-hybridized carbons (Fsp3) is 0.714. The molecule has 0 saturated carbocycles. The molecule has 1 aromatic rings. The number of hydrogen-bond acceptors (Lipinski definition) is 4. The molecular formula is C14H22N2OS. The lowest BCUT2D eigenvalue weighted by molar-refractivity contribution is -0.0477. The fourth-order valence-corrected chi connectivity index (χ4v) is 3.71. The Balaban J connectivity index is 1.46. The number of nitrogens with zero attached hydrogens (tertiary/aromatic N) is 1. The maximum Gasteiger partial charge on any atom is 0.0827 e. The number of fused-ring (bicyclic) bond motifs is 1. The topological polar surface area (TPSA) is 24.5 Å². The van der Waals surface area contributed by atoms with Gasteiger partial charge in [-0.1, -0.05) is 0 Å². The molecule has 3 rings (SSSR count). The Morgan fingerprint density at radius 1 is 1.61 bits per heavy atom. The van der Waals surface area contributed by atoms with Gasteiger partial charge in [0.25, 0.3) is 0 Å². The summed E-state index contributed by atoms with van der Waals surface area (Å²) in [7, 11) is 0. The SMILES string of the molecule is CC(NCC1CN2CCCC2CO1)c1ccsc1. The largest absolute Gasteiger partial charge is 0.374 e. The van der Waals surface area contributed by atoms with Crippen molar-refractivity contribution >= 4 is 11.3 Å². The molecule has 2 fully saturated rings. The fourth-order valence-electron chi connectivity index (χ4n) is 2.96. The van der Waals surface area contributed by atoms with Crippen molar-refractivity contribution in [2.75, 3.05) is 26.2 Å². The van der Waals surface area contributed by atoms with Crippen LogP contribution >= 0.6 is 11.3 Å². The van der Waals surface area contributed by atoms with Crippen molar-refractivity contribution in [2.24, 2.45) is 0 Å². The molecule has 3 nitrogen and oxygen atoms in total. The molecular weight excluding hydrogens is 244 g/mol. The van der Waals surface area contributed by atoms with Gasteiger partial charge in [0.05, 0.1) is 12.7 Å². The summed E-state index contributed by atoms with van der Waals surface area (Å²) >= 11 is 1.76. The van der Waals surface area contributed by atoms with Crippen LogP contribution in [0.15, 0.2) is 16.8 Å². The van der Waals surface area contributed by atoms with Crippen LogP contribution in [0.3, 0.4) is 0 Å². The van der Waals surface area contributed by atoms with E-state index in [1.807, 2.05) is 0 Å². The number of morpholine rings is 1. The lowest BCUT2D eigenvalue weighted by atomic mass is 10.1. The van der Waals surface area contributed by atoms with Crippen LogP contribution < -0.4 is 5.32 Å². The van der Waals surface area contributed by atoms with Crippen molar-refractivity contribution in [1.82, 2.24) is 10.2 Å². The van der Waals surface area contributed by atoms with Gasteiger partial charge in [0.2, 0.25) is 0 Å². The highest BCUT2D eigenvalue weighted by molar-refractivity contribution is 7.07. The summed E-state index contributed by atoms with van der Waals surface area (Å²) in [5.41, 5.74) is 1.38. The van der Waals surface area contributed by atoms with E-state index in [0.29, 0.717) is 18.2 Å². The van der Waals surface area contributed by atoms with E-state index in [1.54, 1.807) is 11.3 Å². The molecule has 0 bridgehead atoms. The Hall–Kier alpha value is -0.420. The molecule has 0 aliphatic carbocycles. The van der Waals surface area contributed by atoms with Crippen molar-refractivity contribution in [3.05, 3.63) is 22.4 Å². The molecule has 0 amide bonds. The van der Waals surface area contributed by atoms with E-state index >= 15 is 0 Å². The van der Waals surface area contributed by atoms with Crippen LogP contribution in [0.25, 0.3) is 0 Å². The van der Waals surface area contributed by atoms with Gasteiger partial charge in [-0.3, -0.25) is 4.90 Å². The first-order chi connectivity index (χ1) is 8.83. The molecule has 0 aromatic carbocycles. The van der Waals surface area contributed by atoms with Crippen LogP contribution in [0.1, 0.15) is 31.4 Å². The average molecular weight is 266 g/mol. The molecule has 1 N–H and O–H groups in total. The summed E-state index contributed by atoms with van der Waals surface area (Å²) in [6.07, 6.45) is 3.03. The van der Waals surface area contributed by atoms with E-state index in [2.05, 4.69) is 34.0 Å². The smallest absolute Gasteiger partial charge is 0.0827 e. The molecule has 4 heteroatoms. The molecule has 18 heavy (non-hydrogen) atoms. The van der Waals surface area contributed by atoms with Gasteiger partial charge in [0, 0.05) is 25.2 Å². The van der Waals surface area contributed by atoms with Gasteiger partial charge in [0.1, 0.15) is 0 Å². The minimum atomic E-state index is 0.362. The zero-order valence-corrected chi connectivity index (χ0v) is 11.8. The van der Waals surface area contributed by atoms with Gasteiger partial charge < -0.3 is 10.1 Å². The minimum Gasteiger partial charge on any atom is -0.374 e. The summed E-state index contributed by atoms with van der Waals surface area (Å²) in [5, 5.41) is 7.95. The maximum absolute atomic E-state index is 5.96. The first-order valence-corrected chi connectivity index (χ1v) is 7.88. The molecule has 100 valence electrons. The molecule has 2 aliphatic heterocycles. The average Bonchev–Trinajstić information content (AvgIpc) is 3.05. The van der Waals surface area contributed by atoms with Crippen LogP contribution in [-0.2, 0) is 4.74 Å². The van der Waals surface area contributed by atoms with Crippen molar-refractivity contribution in [1.29, 1.82) is 0 Å². The second kappa shape index (κ2) is 5.70. The van der Waals surface area contributed by atoms with Crippen molar-refractivity contribution in [3.8, 4) is 0 Å². The highest BCUT2D eigenvalue weighted by Crippen LogP contribution is 2.23. The summed E-state index contributed by atoms with van der Waals surface area (Å²) in [6, 6.07) is 3.33. The monoisotopic (exact) mass is 266 g/mol. The Morgan fingerprint density at radius 2 is 2.56 bits per heavy atom. The van der Waals surface area contributed by atoms with E-state index in [9.17, 15) is 0 Å². The maximum atomic E-state index is 5.96. The summed E-state index contributed by atoms with van der Waals surface area (Å²) < 4.78 is 5.96. The van der Waals surface area contributed by atoms with Gasteiger partial charge >= 0.3 is 0 Å². The summed E-state index contributed by atoms with van der Waals surface area (Å²) in [5.74, 6) is 0. The van der Waals surface area contributed by atoms with Crippen LogP contribution in [0.5, 0.6) is 0 Å². The Labute approximate surface area is 113 Å². The third kappa shape index (κ3) is 2.77. The molecule has 2 aliphatic rings. The molecule has 3 unspecified atom stereocenters. The van der Waals surface area contributed by atoms with Gasteiger partial charge in [-0.05, 0) is 48.7 Å².